The lowest BCUT2D eigenvalue weighted by Crippen LogP contribution is -2.47. The molecule has 1 fully saturated rings. The lowest BCUT2D eigenvalue weighted by molar-refractivity contribution is -0.142. The predicted octanol–water partition coefficient (Wildman–Crippen LogP) is 0.462. The standard InChI is InChI=1S/C12H22N2O4/c1-8(2)14(4-5-15)12(18)13-6-9(3)10(7-13)11(16)17/h8-10,15H,4-7H2,1-3H3,(H,16,17)/t9-,10-/m1/s1. The van der Waals surface area contributed by atoms with Crippen LogP contribution in [0.4, 0.5) is 4.79 Å². The average molecular weight is 258 g/mol. The van der Waals surface area contributed by atoms with E-state index in [0.29, 0.717) is 6.54 Å². The van der Waals surface area contributed by atoms with Crippen molar-refractivity contribution in [3.63, 3.8) is 0 Å². The van der Waals surface area contributed by atoms with Crippen LogP contribution in [0, 0.1) is 11.8 Å². The van der Waals surface area contributed by atoms with E-state index in [0.717, 1.165) is 0 Å². The van der Waals surface area contributed by atoms with E-state index < -0.39 is 11.9 Å². The third-order valence-corrected chi connectivity index (χ3v) is 3.41. The second-order valence-corrected chi connectivity index (χ2v) is 5.12. The Hall–Kier alpha value is -1.30. The van der Waals surface area contributed by atoms with Crippen molar-refractivity contribution in [3.05, 3.63) is 0 Å². The fourth-order valence-corrected chi connectivity index (χ4v) is 2.31. The van der Waals surface area contributed by atoms with Gasteiger partial charge in [-0.25, -0.2) is 4.79 Å². The monoisotopic (exact) mass is 258 g/mol. The number of hydrogen-bond acceptors (Lipinski definition) is 3. The molecule has 18 heavy (non-hydrogen) atoms. The molecule has 1 saturated heterocycles. The number of amides is 2. The topological polar surface area (TPSA) is 81.1 Å². The fraction of sp³-hybridized carbons (Fsp3) is 0.833. The number of aliphatic hydroxyl groups excluding tert-OH is 1. The lowest BCUT2D eigenvalue weighted by atomic mass is 9.99. The molecule has 6 nitrogen and oxygen atoms in total. The summed E-state index contributed by atoms with van der Waals surface area (Å²) >= 11 is 0. The van der Waals surface area contributed by atoms with Gasteiger partial charge in [0.1, 0.15) is 0 Å². The number of urea groups is 1. The number of carboxylic acids is 1. The number of aliphatic hydroxyl groups is 1. The summed E-state index contributed by atoms with van der Waals surface area (Å²) in [6.45, 7) is 6.50. The Balaban J connectivity index is 2.70. The zero-order chi connectivity index (χ0) is 13.9. The maximum Gasteiger partial charge on any atom is 0.320 e. The molecule has 0 bridgehead atoms. The molecule has 0 aliphatic carbocycles. The van der Waals surface area contributed by atoms with Crippen LogP contribution < -0.4 is 0 Å². The van der Waals surface area contributed by atoms with Crippen molar-refractivity contribution in [2.45, 2.75) is 26.8 Å². The van der Waals surface area contributed by atoms with Crippen LogP contribution in [0.25, 0.3) is 0 Å². The minimum atomic E-state index is -0.851. The predicted molar refractivity (Wildman–Crippen MR) is 66.2 cm³/mol. The summed E-state index contributed by atoms with van der Waals surface area (Å²) < 4.78 is 0. The van der Waals surface area contributed by atoms with Gasteiger partial charge in [-0.05, 0) is 19.8 Å². The van der Waals surface area contributed by atoms with Gasteiger partial charge in [0, 0.05) is 25.7 Å². The third kappa shape index (κ3) is 3.13. The molecule has 1 rings (SSSR count). The van der Waals surface area contributed by atoms with Crippen LogP contribution in [0.1, 0.15) is 20.8 Å². The quantitative estimate of drug-likeness (QED) is 0.767. The number of nitrogens with zero attached hydrogens (tertiary/aromatic N) is 2. The number of rotatable bonds is 4. The van der Waals surface area contributed by atoms with Crippen molar-refractivity contribution in [3.8, 4) is 0 Å². The van der Waals surface area contributed by atoms with Crippen molar-refractivity contribution in [2.75, 3.05) is 26.2 Å². The molecule has 0 unspecified atom stereocenters. The van der Waals surface area contributed by atoms with Gasteiger partial charge in [0.2, 0.25) is 0 Å². The lowest BCUT2D eigenvalue weighted by Gasteiger charge is -2.30. The smallest absolute Gasteiger partial charge is 0.320 e. The van der Waals surface area contributed by atoms with Gasteiger partial charge in [0.05, 0.1) is 12.5 Å². The van der Waals surface area contributed by atoms with E-state index in [9.17, 15) is 9.59 Å². The molecule has 2 amide bonds. The summed E-state index contributed by atoms with van der Waals surface area (Å²) in [6, 6.07) is -0.196. The molecule has 0 spiro atoms. The van der Waals surface area contributed by atoms with E-state index in [1.807, 2.05) is 20.8 Å². The first kappa shape index (κ1) is 14.8. The van der Waals surface area contributed by atoms with Crippen LogP contribution in [0.2, 0.25) is 0 Å². The molecule has 2 N–H and O–H groups in total. The van der Waals surface area contributed by atoms with Crippen LogP contribution in [-0.4, -0.2) is 64.3 Å². The summed E-state index contributed by atoms with van der Waals surface area (Å²) in [7, 11) is 0. The molecular formula is C12H22N2O4. The molecule has 2 atom stereocenters. The van der Waals surface area contributed by atoms with Gasteiger partial charge in [-0.3, -0.25) is 4.79 Å². The zero-order valence-electron chi connectivity index (χ0n) is 11.2. The molecule has 0 saturated carbocycles. The highest BCUT2D eigenvalue weighted by atomic mass is 16.4. The molecule has 104 valence electrons. The maximum atomic E-state index is 12.2. The van der Waals surface area contributed by atoms with Crippen molar-refractivity contribution < 1.29 is 19.8 Å². The molecule has 0 aromatic rings. The first-order valence-corrected chi connectivity index (χ1v) is 6.27. The molecule has 1 aliphatic rings. The third-order valence-electron chi connectivity index (χ3n) is 3.41. The van der Waals surface area contributed by atoms with Crippen LogP contribution in [0.5, 0.6) is 0 Å². The highest BCUT2D eigenvalue weighted by Gasteiger charge is 2.38. The van der Waals surface area contributed by atoms with Gasteiger partial charge in [0.25, 0.3) is 0 Å². The number of aliphatic carboxylic acids is 1. The Morgan fingerprint density at radius 1 is 1.39 bits per heavy atom. The molecule has 1 aliphatic heterocycles. The minimum absolute atomic E-state index is 0.0103. The van der Waals surface area contributed by atoms with Crippen LogP contribution in [-0.2, 0) is 4.79 Å². The highest BCUT2D eigenvalue weighted by Crippen LogP contribution is 2.24. The molecule has 0 radical (unpaired) electrons. The summed E-state index contributed by atoms with van der Waals surface area (Å²) in [5, 5.41) is 18.0. The Kier molecular flexibility index (Phi) is 4.95. The van der Waals surface area contributed by atoms with E-state index in [4.69, 9.17) is 10.2 Å². The van der Waals surface area contributed by atoms with Gasteiger partial charge in [0.15, 0.2) is 0 Å². The fourth-order valence-electron chi connectivity index (χ4n) is 2.31. The number of hydrogen-bond donors (Lipinski definition) is 2. The van der Waals surface area contributed by atoms with Gasteiger partial charge in [-0.1, -0.05) is 6.92 Å². The van der Waals surface area contributed by atoms with E-state index in [1.54, 1.807) is 9.80 Å². The van der Waals surface area contributed by atoms with E-state index in [2.05, 4.69) is 0 Å². The SMILES string of the molecule is CC(C)N(CCO)C(=O)N1C[C@@H](C)[C@H](C(=O)O)C1. The molecule has 0 aromatic heterocycles. The summed E-state index contributed by atoms with van der Waals surface area (Å²) in [6.07, 6.45) is 0. The second-order valence-electron chi connectivity index (χ2n) is 5.12. The molecule has 1 heterocycles. The molecule has 0 aromatic carbocycles. The van der Waals surface area contributed by atoms with E-state index >= 15 is 0 Å². The van der Waals surface area contributed by atoms with Gasteiger partial charge in [-0.2, -0.15) is 0 Å². The highest BCUT2D eigenvalue weighted by molar-refractivity contribution is 5.78. The summed E-state index contributed by atoms with van der Waals surface area (Å²) in [5.41, 5.74) is 0. The van der Waals surface area contributed by atoms with Crippen molar-refractivity contribution >= 4 is 12.0 Å². The van der Waals surface area contributed by atoms with Crippen LogP contribution >= 0.6 is 0 Å². The van der Waals surface area contributed by atoms with E-state index in [1.165, 1.54) is 0 Å². The number of carboxylic acid groups (broad SMARTS) is 1. The van der Waals surface area contributed by atoms with Crippen molar-refractivity contribution in [1.29, 1.82) is 0 Å². The van der Waals surface area contributed by atoms with Crippen molar-refractivity contribution in [1.82, 2.24) is 9.80 Å². The van der Waals surface area contributed by atoms with Gasteiger partial charge < -0.3 is 20.0 Å². The van der Waals surface area contributed by atoms with Crippen molar-refractivity contribution in [2.24, 2.45) is 11.8 Å². The molecular weight excluding hydrogens is 236 g/mol. The first-order chi connectivity index (χ1) is 8.38. The summed E-state index contributed by atoms with van der Waals surface area (Å²) in [5.74, 6) is -1.37. The van der Waals surface area contributed by atoms with Crippen LogP contribution in [0.15, 0.2) is 0 Å². The number of likely N-dealkylation sites (tertiary alicyclic amines) is 1. The Morgan fingerprint density at radius 2 is 2.00 bits per heavy atom. The zero-order valence-corrected chi connectivity index (χ0v) is 11.2. The normalized spacial score (nSPS) is 23.5. The Morgan fingerprint density at radius 3 is 2.39 bits per heavy atom. The second kappa shape index (κ2) is 6.04. The van der Waals surface area contributed by atoms with E-state index in [-0.39, 0.29) is 37.7 Å². The van der Waals surface area contributed by atoms with Gasteiger partial charge in [-0.15, -0.1) is 0 Å². The number of carbonyl (C=O) groups is 2. The average Bonchev–Trinajstić information content (AvgIpc) is 2.67. The van der Waals surface area contributed by atoms with Gasteiger partial charge >= 0.3 is 12.0 Å². The molecule has 6 heteroatoms. The summed E-state index contributed by atoms with van der Waals surface area (Å²) in [4.78, 5) is 26.4. The number of carbonyl (C=O) groups excluding carboxylic acids is 1. The Bertz CT molecular complexity index is 319. The first-order valence-electron chi connectivity index (χ1n) is 6.27. The maximum absolute atomic E-state index is 12.2. The minimum Gasteiger partial charge on any atom is -0.481 e. The Labute approximate surface area is 107 Å². The largest absolute Gasteiger partial charge is 0.481 e. The van der Waals surface area contributed by atoms with Crippen LogP contribution in [0.3, 0.4) is 0 Å².